The van der Waals surface area contributed by atoms with Gasteiger partial charge < -0.3 is 107 Å². The molecule has 11 amide bonds. The summed E-state index contributed by atoms with van der Waals surface area (Å²) in [5.74, 6) is -14.1. The van der Waals surface area contributed by atoms with E-state index in [9.17, 15) is 87.9 Å². The molecule has 602 valence electrons. The minimum atomic E-state index is -1.82. The van der Waals surface area contributed by atoms with E-state index in [4.69, 9.17) is 22.6 Å². The number of aliphatic hydroxyl groups excluding tert-OH is 1. The number of carboxylic acids is 2. The monoisotopic (exact) mass is 1530 g/mol. The van der Waals surface area contributed by atoms with Gasteiger partial charge in [-0.1, -0.05) is 126 Å². The van der Waals surface area contributed by atoms with Crippen LogP contribution in [0.2, 0.25) is 0 Å². The second-order valence-corrected chi connectivity index (χ2v) is 28.2. The molecule has 0 heterocycles. The number of benzene rings is 4. The summed E-state index contributed by atoms with van der Waals surface area (Å²) in [4.78, 5) is 181. The number of carbonyl (C=O) groups is 13. The number of nitrogens with two attached hydrogens (primary N) is 3. The lowest BCUT2D eigenvalue weighted by Crippen LogP contribution is -2.61. The number of phenols is 2. The lowest BCUT2D eigenvalue weighted by atomic mass is 9.99. The van der Waals surface area contributed by atoms with Crippen molar-refractivity contribution in [1.29, 1.82) is 5.41 Å². The molecule has 34 heteroatoms. The first-order chi connectivity index (χ1) is 52.1. The maximum atomic E-state index is 14.9. The zero-order chi connectivity index (χ0) is 81.6. The number of aromatic hydroxyl groups is 2. The quantitative estimate of drug-likeness (QED) is 0.0145. The number of phenolic OH excluding ortho intramolecular Hbond substituents is 2. The molecule has 0 saturated carbocycles. The Kier molecular flexibility index (Phi) is 39.4. The van der Waals surface area contributed by atoms with Gasteiger partial charge in [0.15, 0.2) is 5.96 Å². The van der Waals surface area contributed by atoms with Gasteiger partial charge in [-0.2, -0.15) is 0 Å². The summed E-state index contributed by atoms with van der Waals surface area (Å²) >= 11 is 0. The number of carboxylic acid groups (broad SMARTS) is 2. The molecular formula is C76H110N16O18. The van der Waals surface area contributed by atoms with Crippen molar-refractivity contribution in [1.82, 2.24) is 63.8 Å². The fraction of sp³-hybridized carbons (Fsp3) is 0.500. The lowest BCUT2D eigenvalue weighted by Gasteiger charge is -2.28. The number of guanidine groups is 1. The molecule has 24 N–H and O–H groups in total. The highest BCUT2D eigenvalue weighted by Gasteiger charge is 2.37. The second-order valence-electron chi connectivity index (χ2n) is 28.2. The summed E-state index contributed by atoms with van der Waals surface area (Å²) in [7, 11) is 0. The molecule has 0 aromatic heterocycles. The maximum absolute atomic E-state index is 14.9. The van der Waals surface area contributed by atoms with E-state index in [1.807, 2.05) is 27.7 Å². The number of nitrogens with one attached hydrogen (secondary N) is 13. The topological polar surface area (TPSA) is 569 Å². The predicted molar refractivity (Wildman–Crippen MR) is 406 cm³/mol. The lowest BCUT2D eigenvalue weighted by molar-refractivity contribution is -0.143. The molecule has 4 rings (SSSR count). The van der Waals surface area contributed by atoms with Gasteiger partial charge in [0.05, 0.1) is 19.2 Å². The Bertz CT molecular complexity index is 3690. The van der Waals surface area contributed by atoms with E-state index in [-0.39, 0.29) is 99.7 Å². The van der Waals surface area contributed by atoms with Crippen molar-refractivity contribution in [3.8, 4) is 11.5 Å². The average Bonchev–Trinajstić information content (AvgIpc) is 0.850. The molecule has 0 fully saturated rings. The molecule has 0 bridgehead atoms. The van der Waals surface area contributed by atoms with Crippen LogP contribution in [-0.2, 0) is 88.0 Å². The third-order valence-electron chi connectivity index (χ3n) is 17.3. The molecule has 0 spiro atoms. The van der Waals surface area contributed by atoms with E-state index in [1.165, 1.54) is 48.5 Å². The van der Waals surface area contributed by atoms with Gasteiger partial charge >= 0.3 is 11.9 Å². The number of aliphatic carboxylic acids is 2. The van der Waals surface area contributed by atoms with Gasteiger partial charge in [0.2, 0.25) is 65.0 Å². The first kappa shape index (κ1) is 91.1. The second kappa shape index (κ2) is 47.5. The Morgan fingerprint density at radius 1 is 0.391 bits per heavy atom. The maximum Gasteiger partial charge on any atom is 0.326 e. The van der Waals surface area contributed by atoms with Crippen molar-refractivity contribution in [3.63, 3.8) is 0 Å². The summed E-state index contributed by atoms with van der Waals surface area (Å²) < 4.78 is 0. The van der Waals surface area contributed by atoms with Crippen molar-refractivity contribution >= 4 is 82.9 Å². The molecule has 0 radical (unpaired) electrons. The Hall–Kier alpha value is -11.3. The van der Waals surface area contributed by atoms with Gasteiger partial charge in [0.25, 0.3) is 0 Å². The van der Waals surface area contributed by atoms with E-state index >= 15 is 0 Å². The highest BCUT2D eigenvalue weighted by molar-refractivity contribution is 5.99. The first-order valence-corrected chi connectivity index (χ1v) is 36.7. The normalized spacial score (nSPS) is 14.1. The van der Waals surface area contributed by atoms with Gasteiger partial charge in [0, 0.05) is 38.6 Å². The number of carbonyl (C=O) groups excluding carboxylic acids is 11. The van der Waals surface area contributed by atoms with E-state index < -0.39 is 176 Å². The van der Waals surface area contributed by atoms with Crippen LogP contribution in [0.25, 0.3) is 0 Å². The summed E-state index contributed by atoms with van der Waals surface area (Å²) in [6, 6.07) is 12.0. The molecule has 0 aliphatic heterocycles. The van der Waals surface area contributed by atoms with Crippen LogP contribution < -0.4 is 81.0 Å². The van der Waals surface area contributed by atoms with Gasteiger partial charge in [-0.3, -0.25) is 62.9 Å². The molecule has 0 saturated heterocycles. The predicted octanol–water partition coefficient (Wildman–Crippen LogP) is -0.868. The number of aliphatic hydroxyl groups is 1. The van der Waals surface area contributed by atoms with Crippen molar-refractivity contribution in [2.45, 2.75) is 198 Å². The number of hydrogen-bond donors (Lipinski definition) is 21. The van der Waals surface area contributed by atoms with E-state index in [1.54, 1.807) is 74.5 Å². The van der Waals surface area contributed by atoms with Crippen LogP contribution in [0, 0.1) is 23.2 Å². The Morgan fingerprint density at radius 2 is 0.736 bits per heavy atom. The number of hydrogen-bond acceptors (Lipinski definition) is 19. The Balaban J connectivity index is 1.63. The zero-order valence-electron chi connectivity index (χ0n) is 63.0. The van der Waals surface area contributed by atoms with Crippen molar-refractivity contribution in [2.75, 3.05) is 26.2 Å². The molecule has 110 heavy (non-hydrogen) atoms. The average molecular weight is 1540 g/mol. The molecular weight excluding hydrogens is 1420 g/mol. The summed E-state index contributed by atoms with van der Waals surface area (Å²) in [5, 5.41) is 88.5. The van der Waals surface area contributed by atoms with Crippen molar-refractivity contribution < 1.29 is 87.9 Å². The molecule has 4 aromatic carbocycles. The third-order valence-corrected chi connectivity index (χ3v) is 17.3. The van der Waals surface area contributed by atoms with Crippen LogP contribution in [0.4, 0.5) is 0 Å². The molecule has 11 atom stereocenters. The smallest absolute Gasteiger partial charge is 0.326 e. The van der Waals surface area contributed by atoms with Gasteiger partial charge in [-0.05, 0) is 129 Å². The van der Waals surface area contributed by atoms with Crippen LogP contribution in [0.5, 0.6) is 11.5 Å². The van der Waals surface area contributed by atoms with Gasteiger partial charge in [-0.25, -0.2) is 4.79 Å². The number of amides is 11. The van der Waals surface area contributed by atoms with Crippen LogP contribution in [0.1, 0.15) is 128 Å². The van der Waals surface area contributed by atoms with Crippen LogP contribution in [-0.4, -0.2) is 201 Å². The first-order valence-electron chi connectivity index (χ1n) is 36.7. The minimum absolute atomic E-state index is 0.00454. The van der Waals surface area contributed by atoms with E-state index in [0.29, 0.717) is 36.0 Å². The van der Waals surface area contributed by atoms with E-state index in [2.05, 4.69) is 63.8 Å². The highest BCUT2D eigenvalue weighted by atomic mass is 16.4. The van der Waals surface area contributed by atoms with Gasteiger partial charge in [-0.15, -0.1) is 0 Å². The molecule has 0 aliphatic carbocycles. The minimum Gasteiger partial charge on any atom is -0.508 e. The number of rotatable bonds is 49. The fourth-order valence-corrected chi connectivity index (χ4v) is 11.6. The van der Waals surface area contributed by atoms with Crippen LogP contribution >= 0.6 is 0 Å². The zero-order valence-corrected chi connectivity index (χ0v) is 63.0. The highest BCUT2D eigenvalue weighted by Crippen LogP contribution is 2.18. The molecule has 0 aliphatic rings. The molecule has 0 unspecified atom stereocenters. The Labute approximate surface area is 639 Å². The summed E-state index contributed by atoms with van der Waals surface area (Å²) in [6.07, 6.45) is -1.24. The number of unbranched alkanes of at least 4 members (excludes halogenated alkanes) is 1. The van der Waals surface area contributed by atoms with Crippen LogP contribution in [0.15, 0.2) is 109 Å². The summed E-state index contributed by atoms with van der Waals surface area (Å²) in [5.41, 5.74) is 19.2. The van der Waals surface area contributed by atoms with E-state index in [0.717, 1.165) is 5.56 Å². The van der Waals surface area contributed by atoms with Crippen LogP contribution in [0.3, 0.4) is 0 Å². The third kappa shape index (κ3) is 34.3. The summed E-state index contributed by atoms with van der Waals surface area (Å²) in [6.45, 7) is 9.45. The van der Waals surface area contributed by atoms with Gasteiger partial charge in [0.1, 0.15) is 71.9 Å². The SMILES string of the molecule is CC(C)C[C@H](NC(=O)[C@H](Cc1ccccc1)NC(=O)[C@@H](N)CC(C)C)C(=O)NCC(=O)N[C@@H](CCCCN)C(=O)N[C@@H](Cc1ccccc1)C(=O)N[C@@H](CC(C)C)C(=O)N[C@@H](Cc1ccc(O)cc1)C(=O)N[C@@H](CCC(=O)O)C(=O)N[C@@H](Cc1ccc(O)cc1)C(=O)N[C@@H](CO)C(=O)N[C@@H](CCCNC(=N)N)C(=O)O. The fourth-order valence-electron chi connectivity index (χ4n) is 11.6. The largest absolute Gasteiger partial charge is 0.508 e. The van der Waals surface area contributed by atoms with Crippen molar-refractivity contribution in [2.24, 2.45) is 35.0 Å². The molecule has 4 aromatic rings. The molecule has 34 nitrogen and oxygen atoms in total. The standard InChI is InChI=1S/C76H110N16O18/c1-43(2)34-52(78)65(99)86-58(37-46-16-9-7-10-17-46)71(105)87-56(35-44(3)4)66(100)82-41-63(96)83-53(20-13-14-32-77)67(101)89-59(38-47-18-11-8-12-19-47)72(106)88-57(36-45(5)6)69(103)91-60(39-48-22-26-50(94)27-23-48)70(104)84-54(30-31-64(97)98)68(102)90-61(40-49-24-28-51(95)29-25-49)73(107)92-62(42-93)74(108)85-55(75(109)110)21-15-33-81-76(79)80/h7-12,16-19,22-29,43-45,52-62,93-95H,13-15,20-21,30-42,77-78H2,1-6H3,(H,82,100)(H,83,96)(H,84,104)(H,85,108)(H,86,99)(H,87,105)(H,88,106)(H,89,101)(H,90,102)(H,91,103)(H,92,107)(H,97,98)(H,109,110)(H4,79,80,81)/t52-,53-,54-,55-,56-,57-,58-,59-,60-,61-,62-/m0/s1. The van der Waals surface area contributed by atoms with Crippen molar-refractivity contribution in [3.05, 3.63) is 131 Å². The Morgan fingerprint density at radius 3 is 1.14 bits per heavy atom.